The van der Waals surface area contributed by atoms with Gasteiger partial charge in [-0.2, -0.15) is 0 Å². The highest BCUT2D eigenvalue weighted by Gasteiger charge is 2.23. The summed E-state index contributed by atoms with van der Waals surface area (Å²) in [6.45, 7) is 6.05. The van der Waals surface area contributed by atoms with E-state index < -0.39 is 6.03 Å². The van der Waals surface area contributed by atoms with Crippen LogP contribution in [0.2, 0.25) is 0 Å². The van der Waals surface area contributed by atoms with Crippen molar-refractivity contribution in [3.05, 3.63) is 0 Å². The lowest BCUT2D eigenvalue weighted by Crippen LogP contribution is -2.40. The molecule has 0 heterocycles. The van der Waals surface area contributed by atoms with Gasteiger partial charge in [0.05, 0.1) is 0 Å². The van der Waals surface area contributed by atoms with Gasteiger partial charge in [-0.1, -0.05) is 33.6 Å². The topological polar surface area (TPSA) is 72.2 Å². The number of primary amides is 1. The molecule has 0 saturated carbocycles. The van der Waals surface area contributed by atoms with E-state index in [9.17, 15) is 9.59 Å². The fourth-order valence-electron chi connectivity index (χ4n) is 1.72. The minimum Gasteiger partial charge on any atom is -0.351 e. The Hall–Kier alpha value is -1.06. The third-order valence-corrected chi connectivity index (χ3v) is 2.45. The molecule has 0 radical (unpaired) electrons. The molecule has 82 valence electrons. The molecule has 0 fully saturated rings. The second-order valence-corrected chi connectivity index (χ2v) is 3.63. The second kappa shape index (κ2) is 6.40. The van der Waals surface area contributed by atoms with Crippen molar-refractivity contribution in [1.82, 2.24) is 5.32 Å². The first kappa shape index (κ1) is 12.9. The van der Waals surface area contributed by atoms with Crippen LogP contribution in [0, 0.1) is 11.8 Å². The van der Waals surface area contributed by atoms with Gasteiger partial charge in [0.1, 0.15) is 0 Å². The molecule has 14 heavy (non-hydrogen) atoms. The zero-order valence-electron chi connectivity index (χ0n) is 9.17. The van der Waals surface area contributed by atoms with Gasteiger partial charge in [-0.15, -0.1) is 0 Å². The molecule has 4 heteroatoms. The summed E-state index contributed by atoms with van der Waals surface area (Å²) in [5.74, 6) is -0.0623. The summed E-state index contributed by atoms with van der Waals surface area (Å²) in [7, 11) is 0. The second-order valence-electron chi connectivity index (χ2n) is 3.63. The molecule has 0 aliphatic rings. The minimum atomic E-state index is -0.767. The van der Waals surface area contributed by atoms with Crippen LogP contribution in [-0.2, 0) is 4.79 Å². The van der Waals surface area contributed by atoms with Gasteiger partial charge in [-0.05, 0) is 12.3 Å². The maximum absolute atomic E-state index is 11.5. The fraction of sp³-hybridized carbons (Fsp3) is 0.800. The van der Waals surface area contributed by atoms with Crippen LogP contribution in [0.1, 0.15) is 40.0 Å². The number of carbonyl (C=O) groups excluding carboxylic acids is 2. The molecular formula is C10H20N2O2. The first-order valence-electron chi connectivity index (χ1n) is 5.13. The lowest BCUT2D eigenvalue weighted by Gasteiger charge is -2.20. The van der Waals surface area contributed by atoms with E-state index in [1.54, 1.807) is 0 Å². The van der Waals surface area contributed by atoms with Crippen LogP contribution in [0.4, 0.5) is 4.79 Å². The van der Waals surface area contributed by atoms with Crippen molar-refractivity contribution in [3.63, 3.8) is 0 Å². The third kappa shape index (κ3) is 4.25. The van der Waals surface area contributed by atoms with Crippen LogP contribution in [0.3, 0.4) is 0 Å². The van der Waals surface area contributed by atoms with Gasteiger partial charge < -0.3 is 5.73 Å². The number of imide groups is 1. The summed E-state index contributed by atoms with van der Waals surface area (Å²) in [6.07, 6.45) is 2.77. The quantitative estimate of drug-likeness (QED) is 0.708. The molecule has 0 rings (SSSR count). The van der Waals surface area contributed by atoms with E-state index in [1.807, 2.05) is 13.8 Å². The third-order valence-electron chi connectivity index (χ3n) is 2.45. The van der Waals surface area contributed by atoms with Crippen molar-refractivity contribution in [2.75, 3.05) is 0 Å². The normalized spacial score (nSPS) is 14.5. The minimum absolute atomic E-state index is 0.109. The largest absolute Gasteiger partial charge is 0.351 e. The predicted molar refractivity (Wildman–Crippen MR) is 55.6 cm³/mol. The number of nitrogens with two attached hydrogens (primary N) is 1. The number of carbonyl (C=O) groups is 2. The molecule has 0 aliphatic heterocycles. The van der Waals surface area contributed by atoms with Crippen LogP contribution in [0.5, 0.6) is 0 Å². The van der Waals surface area contributed by atoms with Crippen LogP contribution < -0.4 is 11.1 Å². The molecule has 0 bridgehead atoms. The molecule has 0 aliphatic carbocycles. The van der Waals surface area contributed by atoms with E-state index >= 15 is 0 Å². The van der Waals surface area contributed by atoms with Crippen molar-refractivity contribution < 1.29 is 9.59 Å². The Morgan fingerprint density at radius 1 is 1.36 bits per heavy atom. The average Bonchev–Trinajstić information content (AvgIpc) is 2.04. The Bertz CT molecular complexity index is 204. The summed E-state index contributed by atoms with van der Waals surface area (Å²) in [4.78, 5) is 22.0. The number of nitrogens with one attached hydrogen (secondary N) is 1. The van der Waals surface area contributed by atoms with Gasteiger partial charge in [0.15, 0.2) is 0 Å². The monoisotopic (exact) mass is 200 g/mol. The molecule has 0 aromatic carbocycles. The Balaban J connectivity index is 4.24. The Labute approximate surface area is 85.2 Å². The van der Waals surface area contributed by atoms with Crippen LogP contribution >= 0.6 is 0 Å². The molecule has 2 atom stereocenters. The summed E-state index contributed by atoms with van der Waals surface area (Å²) < 4.78 is 0. The van der Waals surface area contributed by atoms with E-state index in [4.69, 9.17) is 5.73 Å². The van der Waals surface area contributed by atoms with Gasteiger partial charge in [-0.25, -0.2) is 4.79 Å². The van der Waals surface area contributed by atoms with Gasteiger partial charge in [0.2, 0.25) is 5.91 Å². The zero-order chi connectivity index (χ0) is 11.1. The number of hydrogen-bond donors (Lipinski definition) is 2. The van der Waals surface area contributed by atoms with Gasteiger partial charge in [0, 0.05) is 5.92 Å². The Kier molecular flexibility index (Phi) is 5.92. The van der Waals surface area contributed by atoms with E-state index in [2.05, 4.69) is 12.2 Å². The number of amides is 3. The highest BCUT2D eigenvalue weighted by molar-refractivity contribution is 5.94. The SMILES string of the molecule is CCC[C@@H](C)[C@@H](CC)C(=O)NC(N)=O. The summed E-state index contributed by atoms with van der Waals surface area (Å²) in [5.41, 5.74) is 4.89. The van der Waals surface area contributed by atoms with Crippen molar-refractivity contribution in [2.24, 2.45) is 17.6 Å². The first-order chi connectivity index (χ1) is 6.52. The average molecular weight is 200 g/mol. The van der Waals surface area contributed by atoms with Gasteiger partial charge >= 0.3 is 6.03 Å². The van der Waals surface area contributed by atoms with Crippen molar-refractivity contribution >= 4 is 11.9 Å². The van der Waals surface area contributed by atoms with Gasteiger partial charge in [-0.3, -0.25) is 10.1 Å². The van der Waals surface area contributed by atoms with Crippen molar-refractivity contribution in [2.45, 2.75) is 40.0 Å². The van der Waals surface area contributed by atoms with E-state index in [0.717, 1.165) is 19.3 Å². The van der Waals surface area contributed by atoms with E-state index in [0.29, 0.717) is 5.92 Å². The van der Waals surface area contributed by atoms with Gasteiger partial charge in [0.25, 0.3) is 0 Å². The first-order valence-corrected chi connectivity index (χ1v) is 5.13. The maximum atomic E-state index is 11.5. The van der Waals surface area contributed by atoms with Crippen LogP contribution in [-0.4, -0.2) is 11.9 Å². The lowest BCUT2D eigenvalue weighted by atomic mass is 9.87. The Morgan fingerprint density at radius 3 is 2.29 bits per heavy atom. The van der Waals surface area contributed by atoms with E-state index in [1.165, 1.54) is 0 Å². The molecule has 3 amide bonds. The Morgan fingerprint density at radius 2 is 1.93 bits per heavy atom. The molecule has 0 spiro atoms. The smallest absolute Gasteiger partial charge is 0.318 e. The molecule has 0 unspecified atom stereocenters. The molecule has 4 nitrogen and oxygen atoms in total. The van der Waals surface area contributed by atoms with Crippen molar-refractivity contribution in [3.8, 4) is 0 Å². The maximum Gasteiger partial charge on any atom is 0.318 e. The number of hydrogen-bond acceptors (Lipinski definition) is 2. The molecule has 0 aromatic rings. The highest BCUT2D eigenvalue weighted by Crippen LogP contribution is 2.20. The lowest BCUT2D eigenvalue weighted by molar-refractivity contribution is -0.125. The summed E-state index contributed by atoms with van der Waals surface area (Å²) in [6, 6.07) is -0.767. The standard InChI is InChI=1S/C10H20N2O2/c1-4-6-7(3)8(5-2)9(13)12-10(11)14/h7-8H,4-6H2,1-3H3,(H3,11,12,13,14)/t7-,8-/m1/s1. The molecule has 0 aromatic heterocycles. The zero-order valence-corrected chi connectivity index (χ0v) is 9.17. The van der Waals surface area contributed by atoms with Crippen molar-refractivity contribution in [1.29, 1.82) is 0 Å². The molecular weight excluding hydrogens is 180 g/mol. The van der Waals surface area contributed by atoms with E-state index in [-0.39, 0.29) is 11.8 Å². The van der Waals surface area contributed by atoms with Crippen LogP contribution in [0.25, 0.3) is 0 Å². The predicted octanol–water partition coefficient (Wildman–Crippen LogP) is 1.64. The fourth-order valence-corrected chi connectivity index (χ4v) is 1.72. The molecule has 0 saturated heterocycles. The molecule has 3 N–H and O–H groups in total. The highest BCUT2D eigenvalue weighted by atomic mass is 16.2. The summed E-state index contributed by atoms with van der Waals surface area (Å²) in [5, 5.41) is 2.13. The summed E-state index contributed by atoms with van der Waals surface area (Å²) >= 11 is 0. The number of urea groups is 1. The van der Waals surface area contributed by atoms with Crippen LogP contribution in [0.15, 0.2) is 0 Å². The number of rotatable bonds is 5.